The average Bonchev–Trinajstić information content (AvgIpc) is 3.00. The van der Waals surface area contributed by atoms with Gasteiger partial charge in [-0.3, -0.25) is 4.99 Å². The second kappa shape index (κ2) is 10.5. The Bertz CT molecular complexity index is 904. The Labute approximate surface area is 185 Å². The Morgan fingerprint density at radius 3 is 2.61 bits per heavy atom. The molecule has 3 N–H and O–H groups in total. The Balaban J connectivity index is 0.00000392. The lowest BCUT2D eigenvalue weighted by Crippen LogP contribution is -2.43. The number of nitrogens with zero attached hydrogens (tertiary/aromatic N) is 1. The van der Waals surface area contributed by atoms with Crippen LogP contribution in [0.15, 0.2) is 29.4 Å². The fourth-order valence-electron chi connectivity index (χ4n) is 3.06. The molecular formula is C20H33IN4O2S. The van der Waals surface area contributed by atoms with Gasteiger partial charge in [0.1, 0.15) is 9.84 Å². The van der Waals surface area contributed by atoms with Crippen LogP contribution < -0.4 is 10.6 Å². The molecule has 28 heavy (non-hydrogen) atoms. The number of aromatic nitrogens is 1. The summed E-state index contributed by atoms with van der Waals surface area (Å²) in [5, 5.41) is 7.95. The van der Waals surface area contributed by atoms with Gasteiger partial charge < -0.3 is 15.6 Å². The van der Waals surface area contributed by atoms with E-state index in [0.717, 1.165) is 18.9 Å². The van der Waals surface area contributed by atoms with Crippen molar-refractivity contribution in [1.82, 2.24) is 15.6 Å². The predicted octanol–water partition coefficient (Wildman–Crippen LogP) is 3.26. The Morgan fingerprint density at radius 2 is 1.96 bits per heavy atom. The van der Waals surface area contributed by atoms with Gasteiger partial charge in [-0.2, -0.15) is 0 Å². The van der Waals surface area contributed by atoms with Crippen molar-refractivity contribution in [2.75, 3.05) is 32.1 Å². The van der Waals surface area contributed by atoms with E-state index in [4.69, 9.17) is 0 Å². The van der Waals surface area contributed by atoms with Crippen LogP contribution in [0.25, 0.3) is 10.9 Å². The van der Waals surface area contributed by atoms with E-state index in [-0.39, 0.29) is 35.1 Å². The molecule has 0 atom stereocenters. The van der Waals surface area contributed by atoms with Gasteiger partial charge in [0.05, 0.1) is 5.75 Å². The number of hydrogen-bond acceptors (Lipinski definition) is 3. The molecule has 0 saturated carbocycles. The van der Waals surface area contributed by atoms with Crippen LogP contribution in [0.1, 0.15) is 31.4 Å². The fraction of sp³-hybridized carbons (Fsp3) is 0.550. The van der Waals surface area contributed by atoms with Crippen molar-refractivity contribution >= 4 is 50.7 Å². The van der Waals surface area contributed by atoms with Gasteiger partial charge >= 0.3 is 0 Å². The number of aryl methyl sites for hydroxylation is 1. The summed E-state index contributed by atoms with van der Waals surface area (Å²) < 4.78 is 22.8. The summed E-state index contributed by atoms with van der Waals surface area (Å²) >= 11 is 0. The highest BCUT2D eigenvalue weighted by atomic mass is 127. The van der Waals surface area contributed by atoms with Gasteiger partial charge in [-0.05, 0) is 42.4 Å². The average molecular weight is 520 g/mol. The summed E-state index contributed by atoms with van der Waals surface area (Å²) in [6.07, 6.45) is 4.86. The van der Waals surface area contributed by atoms with Crippen LogP contribution in [0.2, 0.25) is 0 Å². The van der Waals surface area contributed by atoms with E-state index in [1.54, 1.807) is 7.05 Å². The van der Waals surface area contributed by atoms with E-state index in [1.165, 1.54) is 28.3 Å². The minimum Gasteiger partial charge on any atom is -0.361 e. The normalized spacial score (nSPS) is 12.7. The number of halogens is 1. The number of hydrogen-bond donors (Lipinski definition) is 3. The molecule has 0 aliphatic heterocycles. The maximum Gasteiger partial charge on any atom is 0.191 e. The number of aromatic amines is 1. The second-order valence-electron chi connectivity index (χ2n) is 7.96. The van der Waals surface area contributed by atoms with Crippen LogP contribution in [0.5, 0.6) is 0 Å². The molecular weight excluding hydrogens is 487 g/mol. The molecule has 1 heterocycles. The Morgan fingerprint density at radius 1 is 1.25 bits per heavy atom. The topological polar surface area (TPSA) is 86.3 Å². The Hall–Kier alpha value is -1.29. The summed E-state index contributed by atoms with van der Waals surface area (Å²) in [4.78, 5) is 7.60. The van der Waals surface area contributed by atoms with E-state index in [2.05, 4.69) is 65.8 Å². The monoisotopic (exact) mass is 520 g/mol. The van der Waals surface area contributed by atoms with E-state index >= 15 is 0 Å². The minimum absolute atomic E-state index is 0. The lowest BCUT2D eigenvalue weighted by Gasteiger charge is -2.25. The van der Waals surface area contributed by atoms with Crippen molar-refractivity contribution in [1.29, 1.82) is 0 Å². The number of aliphatic imine (C=N–C) groups is 1. The number of benzene rings is 1. The molecule has 0 radical (unpaired) electrons. The zero-order chi connectivity index (χ0) is 20.1. The van der Waals surface area contributed by atoms with Crippen molar-refractivity contribution in [3.8, 4) is 0 Å². The molecule has 2 rings (SSSR count). The molecule has 0 unspecified atom stereocenters. The number of sulfone groups is 1. The van der Waals surface area contributed by atoms with Crippen LogP contribution >= 0.6 is 24.0 Å². The van der Waals surface area contributed by atoms with Crippen molar-refractivity contribution in [3.05, 3.63) is 35.5 Å². The van der Waals surface area contributed by atoms with E-state index < -0.39 is 9.84 Å². The van der Waals surface area contributed by atoms with Crippen LogP contribution in [0, 0.1) is 12.3 Å². The predicted molar refractivity (Wildman–Crippen MR) is 130 cm³/mol. The van der Waals surface area contributed by atoms with Gasteiger partial charge in [0.2, 0.25) is 0 Å². The smallest absolute Gasteiger partial charge is 0.191 e. The van der Waals surface area contributed by atoms with E-state index in [1.807, 2.05) is 0 Å². The summed E-state index contributed by atoms with van der Waals surface area (Å²) in [5.41, 5.74) is 3.60. The standard InChI is InChI=1S/C20H32N4O2S.HI/c1-15-7-6-8-17-18(15)16(13-23-17)9-11-22-19(21-4)24-14-20(2,3)10-12-27(5,25)26;/h6-8,13,23H,9-12,14H2,1-5H3,(H2,21,22,24);1H. The number of fused-ring (bicyclic) bond motifs is 1. The fourth-order valence-corrected chi connectivity index (χ4v) is 3.98. The summed E-state index contributed by atoms with van der Waals surface area (Å²) in [6, 6.07) is 6.29. The van der Waals surface area contributed by atoms with Crippen molar-refractivity contribution < 1.29 is 8.42 Å². The van der Waals surface area contributed by atoms with Crippen molar-refractivity contribution in [3.63, 3.8) is 0 Å². The molecule has 0 amide bonds. The third-order valence-corrected chi connectivity index (χ3v) is 5.74. The number of rotatable bonds is 8. The van der Waals surface area contributed by atoms with Crippen molar-refractivity contribution in [2.45, 2.75) is 33.6 Å². The maximum absolute atomic E-state index is 11.4. The Kier molecular flexibility index (Phi) is 9.26. The zero-order valence-electron chi connectivity index (χ0n) is 17.4. The van der Waals surface area contributed by atoms with Crippen LogP contribution in [0.4, 0.5) is 0 Å². The third kappa shape index (κ3) is 7.62. The van der Waals surface area contributed by atoms with Gasteiger partial charge in [0.15, 0.2) is 5.96 Å². The summed E-state index contributed by atoms with van der Waals surface area (Å²) in [6.45, 7) is 7.69. The molecule has 158 valence electrons. The van der Waals surface area contributed by atoms with Gasteiger partial charge in [0.25, 0.3) is 0 Å². The number of nitrogens with one attached hydrogen (secondary N) is 3. The van der Waals surface area contributed by atoms with Gasteiger partial charge in [-0.1, -0.05) is 26.0 Å². The van der Waals surface area contributed by atoms with Gasteiger partial charge in [-0.15, -0.1) is 24.0 Å². The summed E-state index contributed by atoms with van der Waals surface area (Å²) in [5.74, 6) is 0.937. The molecule has 6 nitrogen and oxygen atoms in total. The van der Waals surface area contributed by atoms with Gasteiger partial charge in [-0.25, -0.2) is 8.42 Å². The first-order valence-electron chi connectivity index (χ1n) is 9.29. The van der Waals surface area contributed by atoms with Crippen LogP contribution in [0.3, 0.4) is 0 Å². The molecule has 0 bridgehead atoms. The highest BCUT2D eigenvalue weighted by Crippen LogP contribution is 2.22. The highest BCUT2D eigenvalue weighted by molar-refractivity contribution is 14.0. The van der Waals surface area contributed by atoms with Crippen LogP contribution in [-0.4, -0.2) is 51.5 Å². The maximum atomic E-state index is 11.4. The van der Waals surface area contributed by atoms with E-state index in [0.29, 0.717) is 13.0 Å². The largest absolute Gasteiger partial charge is 0.361 e. The SMILES string of the molecule is CN=C(NCCc1c[nH]c2cccc(C)c12)NCC(C)(C)CCS(C)(=O)=O.I. The molecule has 0 aliphatic rings. The molecule has 0 saturated heterocycles. The molecule has 0 spiro atoms. The number of H-pyrrole nitrogens is 1. The third-order valence-electron chi connectivity index (χ3n) is 4.79. The molecule has 2 aromatic rings. The lowest BCUT2D eigenvalue weighted by molar-refractivity contribution is 0.348. The molecule has 0 fully saturated rings. The first-order chi connectivity index (χ1) is 12.6. The first-order valence-corrected chi connectivity index (χ1v) is 11.4. The minimum atomic E-state index is -2.94. The molecule has 0 aliphatic carbocycles. The molecule has 8 heteroatoms. The second-order valence-corrected chi connectivity index (χ2v) is 10.2. The summed E-state index contributed by atoms with van der Waals surface area (Å²) in [7, 11) is -1.19. The van der Waals surface area contributed by atoms with E-state index in [9.17, 15) is 8.42 Å². The van der Waals surface area contributed by atoms with Crippen molar-refractivity contribution in [2.24, 2.45) is 10.4 Å². The zero-order valence-corrected chi connectivity index (χ0v) is 20.6. The van der Waals surface area contributed by atoms with Crippen LogP contribution in [-0.2, 0) is 16.3 Å². The lowest BCUT2D eigenvalue weighted by atomic mass is 9.90. The first kappa shape index (κ1) is 24.7. The number of guanidine groups is 1. The quantitative estimate of drug-likeness (QED) is 0.284. The molecule has 1 aromatic heterocycles. The van der Waals surface area contributed by atoms with Gasteiger partial charge in [0, 0.05) is 43.5 Å². The highest BCUT2D eigenvalue weighted by Gasteiger charge is 2.20. The molecule has 1 aromatic carbocycles.